The van der Waals surface area contributed by atoms with Crippen molar-refractivity contribution in [3.8, 4) is 0 Å². The van der Waals surface area contributed by atoms with E-state index in [-0.39, 0.29) is 69.4 Å². The Kier molecular flexibility index (Phi) is 636. The first-order chi connectivity index (χ1) is 0. The number of hydrogen-bond donors (Lipinski definition) is 0. The van der Waals surface area contributed by atoms with Gasteiger partial charge in [0.1, 0.15) is 0 Å². The first-order valence-corrected chi connectivity index (χ1v) is 0. The van der Waals surface area contributed by atoms with Crippen molar-refractivity contribution >= 4 is 0 Å². The molecule has 0 N–H and O–H groups in total. The summed E-state index contributed by atoms with van der Waals surface area (Å²) in [6, 6.07) is 0. The van der Waals surface area contributed by atoms with Gasteiger partial charge in [-0.3, -0.25) is 0 Å². The van der Waals surface area contributed by atoms with Gasteiger partial charge in [0.25, 0.3) is 0 Å². The molecule has 28 valence electrons. The molecule has 0 saturated carbocycles. The summed E-state index contributed by atoms with van der Waals surface area (Å²) in [7, 11) is 0. The Labute approximate surface area is 69.2 Å². The third kappa shape index (κ3) is 26.7. The van der Waals surface area contributed by atoms with E-state index in [0.717, 1.165) is 0 Å². The van der Waals surface area contributed by atoms with Gasteiger partial charge in [0, 0.05) is 16.5 Å². The molecule has 0 heterocycles. The molecule has 0 aromatic heterocycles. The van der Waals surface area contributed by atoms with E-state index in [0.29, 0.717) is 0 Å². The van der Waals surface area contributed by atoms with Gasteiger partial charge in [0.05, 0.1) is 0 Å². The van der Waals surface area contributed by atoms with E-state index in [1.54, 1.807) is 0 Å². The minimum absolute atomic E-state index is 0. The summed E-state index contributed by atoms with van der Waals surface area (Å²) in [6.45, 7) is 0. The monoisotopic (exact) mass is 146 g/mol. The van der Waals surface area contributed by atoms with Gasteiger partial charge < -0.3 is 12.4 Å². The molecule has 0 radical (unpaired) electrons. The second-order valence-corrected chi connectivity index (χ2v) is 0. The zero-order chi connectivity index (χ0) is 0. The van der Waals surface area contributed by atoms with Crippen molar-refractivity contribution in [2.45, 2.75) is 0 Å². The average Bonchev–Trinajstić information content (AvgIpc) is 0. The molecule has 0 aromatic rings. The SMILES string of the molecule is [H-].[Li+].[Ni].[O-2].[O-2].[Ti+4]. The van der Waals surface area contributed by atoms with Crippen molar-refractivity contribution in [3.63, 3.8) is 0 Å². The van der Waals surface area contributed by atoms with E-state index in [1.807, 2.05) is 0 Å². The maximum absolute atomic E-state index is 0. The predicted molar refractivity (Wildman–Crippen MR) is 2.49 cm³/mol. The molecule has 0 unspecified atom stereocenters. The quantitative estimate of drug-likeness (QED) is 0.325. The summed E-state index contributed by atoms with van der Waals surface area (Å²) in [6.07, 6.45) is 0. The Hall–Kier alpha value is 1.73. The smallest absolute Gasteiger partial charge is 2.00 e. The summed E-state index contributed by atoms with van der Waals surface area (Å²) in [4.78, 5) is 0. The zero-order valence-electron chi connectivity index (χ0n) is 3.63. The van der Waals surface area contributed by atoms with Crippen molar-refractivity contribution in [3.05, 3.63) is 0 Å². The second kappa shape index (κ2) is 42.9. The summed E-state index contributed by atoms with van der Waals surface area (Å²) in [5, 5.41) is 0. The van der Waals surface area contributed by atoms with Crippen molar-refractivity contribution < 1.29 is 69.4 Å². The third-order valence-electron chi connectivity index (χ3n) is 0. The molecule has 0 aliphatic rings. The Bertz CT molecular complexity index is 13.5. The van der Waals surface area contributed by atoms with Crippen LogP contribution in [0, 0.1) is 0 Å². The van der Waals surface area contributed by atoms with Crippen LogP contribution >= 0.6 is 0 Å². The Morgan fingerprint density at radius 1 is 1.00 bits per heavy atom. The molecule has 0 aliphatic carbocycles. The van der Waals surface area contributed by atoms with Gasteiger partial charge in [0.15, 0.2) is 0 Å². The minimum Gasteiger partial charge on any atom is -2.00 e. The van der Waals surface area contributed by atoms with Crippen LogP contribution in [-0.4, -0.2) is 0 Å². The summed E-state index contributed by atoms with van der Waals surface area (Å²) in [5.74, 6) is 0. The van der Waals surface area contributed by atoms with Crippen molar-refractivity contribution in [2.24, 2.45) is 0 Å². The molecule has 5 heavy (non-hydrogen) atoms. The van der Waals surface area contributed by atoms with E-state index < -0.39 is 0 Å². The van der Waals surface area contributed by atoms with Gasteiger partial charge in [-0.2, -0.15) is 0 Å². The van der Waals surface area contributed by atoms with Crippen LogP contribution < -0.4 is 18.9 Å². The first kappa shape index (κ1) is 74.1. The molecule has 0 bridgehead atoms. The largest absolute Gasteiger partial charge is 4.00 e. The van der Waals surface area contributed by atoms with Gasteiger partial charge in [-0.05, 0) is 0 Å². The van der Waals surface area contributed by atoms with Crippen LogP contribution in [0.3, 0.4) is 0 Å². The Morgan fingerprint density at radius 3 is 1.00 bits per heavy atom. The predicted octanol–water partition coefficient (Wildman–Crippen LogP) is -3.13. The van der Waals surface area contributed by atoms with E-state index in [9.17, 15) is 0 Å². The molecule has 0 rings (SSSR count). The van der Waals surface area contributed by atoms with Crippen LogP contribution in [0.2, 0.25) is 0 Å². The molecule has 0 amide bonds. The fraction of sp³-hybridized carbons (Fsp3) is 0. The van der Waals surface area contributed by atoms with Crippen LogP contribution in [0.15, 0.2) is 0 Å². The molecule has 5 heteroatoms. The van der Waals surface area contributed by atoms with Gasteiger partial charge in [-0.15, -0.1) is 0 Å². The fourth-order valence-electron chi connectivity index (χ4n) is 0. The summed E-state index contributed by atoms with van der Waals surface area (Å²) in [5.41, 5.74) is 0. The molecule has 0 fully saturated rings. The van der Waals surface area contributed by atoms with Crippen LogP contribution in [0.4, 0.5) is 0 Å². The molecule has 0 aromatic carbocycles. The van der Waals surface area contributed by atoms with Crippen LogP contribution in [0.25, 0.3) is 0 Å². The topological polar surface area (TPSA) is 57.0 Å². The van der Waals surface area contributed by atoms with E-state index in [1.165, 1.54) is 0 Å². The van der Waals surface area contributed by atoms with Crippen molar-refractivity contribution in [1.82, 2.24) is 0 Å². The average molecular weight is 147 g/mol. The molecule has 0 atom stereocenters. The first-order valence-electron chi connectivity index (χ1n) is 0. The van der Waals surface area contributed by atoms with Crippen LogP contribution in [0.5, 0.6) is 0 Å². The van der Waals surface area contributed by atoms with Crippen LogP contribution in [0.1, 0.15) is 1.43 Å². The molecule has 0 spiro atoms. The minimum atomic E-state index is 0. The van der Waals surface area contributed by atoms with Crippen LogP contribution in [-0.2, 0) is 49.2 Å². The summed E-state index contributed by atoms with van der Waals surface area (Å²) < 4.78 is 0. The van der Waals surface area contributed by atoms with Crippen molar-refractivity contribution in [1.29, 1.82) is 0 Å². The van der Waals surface area contributed by atoms with E-state index in [2.05, 4.69) is 0 Å². The van der Waals surface area contributed by atoms with E-state index >= 15 is 0 Å². The van der Waals surface area contributed by atoms with Gasteiger partial charge in [-0.1, -0.05) is 0 Å². The number of rotatable bonds is 0. The van der Waals surface area contributed by atoms with E-state index in [4.69, 9.17) is 0 Å². The standard InChI is InChI=1S/Li.Ni.2O.Ti.H/q+1;;2*-2;+4;-1. The third-order valence-corrected chi connectivity index (χ3v) is 0. The molecule has 0 saturated heterocycles. The van der Waals surface area contributed by atoms with Gasteiger partial charge >= 0.3 is 40.6 Å². The molecular formula is HLiNiO2Ti. The van der Waals surface area contributed by atoms with Crippen molar-refractivity contribution in [2.75, 3.05) is 0 Å². The fourth-order valence-corrected chi connectivity index (χ4v) is 0. The maximum atomic E-state index is 0. The maximum Gasteiger partial charge on any atom is 4.00 e. The second-order valence-electron chi connectivity index (χ2n) is 0. The molecule has 0 aliphatic heterocycles. The molecular weight excluding hydrogens is 145 g/mol. The zero-order valence-corrected chi connectivity index (χ0v) is 5.18. The normalized spacial score (nSPS) is 0. The molecule has 2 nitrogen and oxygen atoms in total. The Balaban J connectivity index is 0. The Morgan fingerprint density at radius 2 is 1.00 bits per heavy atom. The van der Waals surface area contributed by atoms with Gasteiger partial charge in [-0.25, -0.2) is 0 Å². The summed E-state index contributed by atoms with van der Waals surface area (Å²) >= 11 is 0. The number of hydrogen-bond acceptors (Lipinski definition) is 0. The van der Waals surface area contributed by atoms with Gasteiger partial charge in [0.2, 0.25) is 0 Å².